The van der Waals surface area contributed by atoms with Gasteiger partial charge in [0.1, 0.15) is 0 Å². The Morgan fingerprint density at radius 2 is 1.75 bits per heavy atom. The topological polar surface area (TPSA) is 80.8 Å². The summed E-state index contributed by atoms with van der Waals surface area (Å²) in [5.41, 5.74) is 2.47. The third kappa shape index (κ3) is 4.31. The van der Waals surface area contributed by atoms with Crippen LogP contribution < -0.4 is 0 Å². The van der Waals surface area contributed by atoms with Crippen molar-refractivity contribution in [1.29, 1.82) is 0 Å². The lowest BCUT2D eigenvalue weighted by molar-refractivity contribution is 0.0474. The minimum atomic E-state index is -3.62. The Labute approximate surface area is 165 Å². The van der Waals surface area contributed by atoms with Gasteiger partial charge in [0.25, 0.3) is 0 Å². The van der Waals surface area contributed by atoms with E-state index in [4.69, 9.17) is 4.74 Å². The maximum atomic E-state index is 12.6. The number of hydrogen-bond acceptors (Lipinski definition) is 5. The maximum Gasteiger partial charge on any atom is 0.338 e. The quantitative estimate of drug-likeness (QED) is 0.549. The first-order chi connectivity index (χ1) is 13.3. The molecule has 0 saturated carbocycles. The molecule has 0 N–H and O–H groups in total. The number of sulfonamides is 1. The van der Waals surface area contributed by atoms with Crippen molar-refractivity contribution < 1.29 is 22.7 Å². The summed E-state index contributed by atoms with van der Waals surface area (Å²) < 4.78 is 31.8. The van der Waals surface area contributed by atoms with Crippen LogP contribution in [-0.2, 0) is 14.8 Å². The van der Waals surface area contributed by atoms with E-state index < -0.39 is 22.6 Å². The summed E-state index contributed by atoms with van der Waals surface area (Å²) in [5.74, 6) is -1.02. The normalized spacial score (nSPS) is 14.8. The number of ether oxygens (including phenoxy) is 1. The van der Waals surface area contributed by atoms with Gasteiger partial charge in [-0.25, -0.2) is 13.2 Å². The smallest absolute Gasteiger partial charge is 0.338 e. The van der Waals surface area contributed by atoms with Gasteiger partial charge in [-0.05, 0) is 50.5 Å². The summed E-state index contributed by atoms with van der Waals surface area (Å²) in [6.45, 7) is 4.34. The van der Waals surface area contributed by atoms with E-state index in [0.717, 1.165) is 24.0 Å². The van der Waals surface area contributed by atoms with Gasteiger partial charge >= 0.3 is 5.97 Å². The summed E-state index contributed by atoms with van der Waals surface area (Å²) in [6.07, 6.45) is 1.67. The molecule has 1 aliphatic rings. The number of hydrogen-bond donors (Lipinski definition) is 0. The monoisotopic (exact) mass is 401 g/mol. The highest BCUT2D eigenvalue weighted by Gasteiger charge is 2.27. The molecular weight excluding hydrogens is 378 g/mol. The highest BCUT2D eigenvalue weighted by Crippen LogP contribution is 2.22. The summed E-state index contributed by atoms with van der Waals surface area (Å²) in [7, 11) is -3.62. The van der Waals surface area contributed by atoms with E-state index in [1.807, 2.05) is 26.0 Å². The fourth-order valence-corrected chi connectivity index (χ4v) is 4.84. The molecule has 0 aromatic heterocycles. The summed E-state index contributed by atoms with van der Waals surface area (Å²) in [4.78, 5) is 24.7. The van der Waals surface area contributed by atoms with Crippen molar-refractivity contribution in [2.75, 3.05) is 19.7 Å². The molecule has 7 heteroatoms. The van der Waals surface area contributed by atoms with Crippen LogP contribution in [0.3, 0.4) is 0 Å². The van der Waals surface area contributed by atoms with Gasteiger partial charge in [0, 0.05) is 18.7 Å². The molecule has 6 nitrogen and oxygen atoms in total. The Kier molecular flexibility index (Phi) is 5.96. The number of nitrogens with zero attached hydrogens (tertiary/aromatic N) is 1. The highest BCUT2D eigenvalue weighted by molar-refractivity contribution is 7.89. The highest BCUT2D eigenvalue weighted by atomic mass is 32.2. The fraction of sp³-hybridized carbons (Fsp3) is 0.333. The number of ketones is 1. The van der Waals surface area contributed by atoms with Crippen LogP contribution in [0.25, 0.3) is 0 Å². The van der Waals surface area contributed by atoms with Crippen LogP contribution in [0.2, 0.25) is 0 Å². The van der Waals surface area contributed by atoms with Crippen LogP contribution in [0.5, 0.6) is 0 Å². The first-order valence-electron chi connectivity index (χ1n) is 9.17. The van der Waals surface area contributed by atoms with Crippen LogP contribution in [-0.4, -0.2) is 44.2 Å². The minimum absolute atomic E-state index is 0.0598. The lowest BCUT2D eigenvalue weighted by Gasteiger charge is -2.15. The molecule has 0 bridgehead atoms. The molecule has 2 aromatic carbocycles. The lowest BCUT2D eigenvalue weighted by atomic mass is 10.0. The van der Waals surface area contributed by atoms with E-state index in [1.165, 1.54) is 28.6 Å². The molecule has 0 aliphatic carbocycles. The van der Waals surface area contributed by atoms with Gasteiger partial charge in [0.05, 0.1) is 10.5 Å². The third-order valence-electron chi connectivity index (χ3n) is 4.79. The van der Waals surface area contributed by atoms with E-state index in [9.17, 15) is 18.0 Å². The zero-order valence-corrected chi connectivity index (χ0v) is 16.8. The molecule has 0 unspecified atom stereocenters. The van der Waals surface area contributed by atoms with Crippen molar-refractivity contribution in [2.24, 2.45) is 0 Å². The Bertz CT molecular complexity index is 1010. The number of esters is 1. The summed E-state index contributed by atoms with van der Waals surface area (Å²) >= 11 is 0. The molecule has 0 atom stereocenters. The molecule has 1 heterocycles. The number of Topliss-reactive ketones (excluding diaryl/α,β-unsaturated/α-hetero) is 1. The van der Waals surface area contributed by atoms with Crippen molar-refractivity contribution >= 4 is 21.8 Å². The molecule has 2 aromatic rings. The zero-order chi connectivity index (χ0) is 20.3. The lowest BCUT2D eigenvalue weighted by Crippen LogP contribution is -2.28. The van der Waals surface area contributed by atoms with Crippen molar-refractivity contribution in [3.63, 3.8) is 0 Å². The van der Waals surface area contributed by atoms with Crippen LogP contribution in [0, 0.1) is 13.8 Å². The number of benzene rings is 2. The van der Waals surface area contributed by atoms with Gasteiger partial charge in [-0.2, -0.15) is 4.31 Å². The fourth-order valence-electron chi connectivity index (χ4n) is 3.28. The number of aryl methyl sites for hydroxylation is 2. The molecule has 28 heavy (non-hydrogen) atoms. The van der Waals surface area contributed by atoms with Crippen LogP contribution in [0.15, 0.2) is 47.4 Å². The number of rotatable bonds is 6. The van der Waals surface area contributed by atoms with E-state index in [0.29, 0.717) is 18.7 Å². The SMILES string of the molecule is Cc1ccc(C(=O)COC(=O)c2cccc(S(=O)(=O)N3CCCC3)c2)c(C)c1. The molecule has 0 radical (unpaired) electrons. The molecule has 1 saturated heterocycles. The Morgan fingerprint density at radius 1 is 1.04 bits per heavy atom. The molecular formula is C21H23NO5S. The first kappa shape index (κ1) is 20.2. The summed E-state index contributed by atoms with van der Waals surface area (Å²) in [5, 5.41) is 0. The van der Waals surface area contributed by atoms with Crippen molar-refractivity contribution in [2.45, 2.75) is 31.6 Å². The van der Waals surface area contributed by atoms with Gasteiger partial charge in [-0.3, -0.25) is 4.79 Å². The van der Waals surface area contributed by atoms with E-state index in [2.05, 4.69) is 0 Å². The minimum Gasteiger partial charge on any atom is -0.454 e. The zero-order valence-electron chi connectivity index (χ0n) is 16.0. The van der Waals surface area contributed by atoms with Crippen molar-refractivity contribution in [1.82, 2.24) is 4.31 Å². The number of carbonyl (C=O) groups excluding carboxylic acids is 2. The molecule has 1 fully saturated rings. The van der Waals surface area contributed by atoms with Gasteiger partial charge in [0.2, 0.25) is 15.8 Å². The average molecular weight is 401 g/mol. The van der Waals surface area contributed by atoms with E-state index in [-0.39, 0.29) is 16.2 Å². The van der Waals surface area contributed by atoms with E-state index in [1.54, 1.807) is 6.07 Å². The molecule has 0 amide bonds. The average Bonchev–Trinajstić information content (AvgIpc) is 3.21. The number of carbonyl (C=O) groups is 2. The second-order valence-electron chi connectivity index (χ2n) is 6.96. The van der Waals surface area contributed by atoms with E-state index >= 15 is 0 Å². The van der Waals surface area contributed by atoms with Crippen LogP contribution in [0.4, 0.5) is 0 Å². The molecule has 3 rings (SSSR count). The standard InChI is InChI=1S/C21H23NO5S/c1-15-8-9-19(16(2)12-15)20(23)14-27-21(24)17-6-5-7-18(13-17)28(25,26)22-10-3-4-11-22/h5-9,12-13H,3-4,10-11,14H2,1-2H3. The van der Waals surface area contributed by atoms with Crippen LogP contribution >= 0.6 is 0 Å². The molecule has 0 spiro atoms. The second kappa shape index (κ2) is 8.24. The summed E-state index contributed by atoms with van der Waals surface area (Å²) in [6, 6.07) is 11.2. The predicted octanol–water partition coefficient (Wildman–Crippen LogP) is 3.13. The first-order valence-corrected chi connectivity index (χ1v) is 10.6. The van der Waals surface area contributed by atoms with Gasteiger partial charge in [-0.1, -0.05) is 29.8 Å². The van der Waals surface area contributed by atoms with Gasteiger partial charge in [0.15, 0.2) is 6.61 Å². The van der Waals surface area contributed by atoms with Gasteiger partial charge < -0.3 is 4.74 Å². The van der Waals surface area contributed by atoms with Crippen molar-refractivity contribution in [3.8, 4) is 0 Å². The van der Waals surface area contributed by atoms with Gasteiger partial charge in [-0.15, -0.1) is 0 Å². The predicted molar refractivity (Wildman–Crippen MR) is 105 cm³/mol. The largest absolute Gasteiger partial charge is 0.454 e. The maximum absolute atomic E-state index is 12.6. The van der Waals surface area contributed by atoms with Crippen molar-refractivity contribution in [3.05, 3.63) is 64.7 Å². The molecule has 1 aliphatic heterocycles. The third-order valence-corrected chi connectivity index (χ3v) is 6.68. The second-order valence-corrected chi connectivity index (χ2v) is 8.89. The van der Waals surface area contributed by atoms with Crippen LogP contribution in [0.1, 0.15) is 44.7 Å². The Hall–Kier alpha value is -2.51. The Balaban J connectivity index is 1.70. The molecule has 148 valence electrons. The Morgan fingerprint density at radius 3 is 2.43 bits per heavy atom.